The van der Waals surface area contributed by atoms with E-state index in [9.17, 15) is 4.79 Å². The van der Waals surface area contributed by atoms with Gasteiger partial charge in [-0.1, -0.05) is 13.8 Å². The van der Waals surface area contributed by atoms with Gasteiger partial charge in [0, 0.05) is 12.7 Å². The molecule has 0 aromatic carbocycles. The topological polar surface area (TPSA) is 64.1 Å². The average Bonchev–Trinajstić information content (AvgIpc) is 2.26. The van der Waals surface area contributed by atoms with Crippen LogP contribution in [0.3, 0.4) is 0 Å². The first kappa shape index (κ1) is 13.7. The minimum Gasteiger partial charge on any atom is -0.462 e. The van der Waals surface area contributed by atoms with Crippen LogP contribution in [-0.4, -0.2) is 29.1 Å². The van der Waals surface area contributed by atoms with Crippen molar-refractivity contribution in [3.8, 4) is 0 Å². The second-order valence-electron chi connectivity index (χ2n) is 3.90. The molecule has 1 rings (SSSR count). The minimum absolute atomic E-state index is 0.101. The second-order valence-corrected chi connectivity index (χ2v) is 4.23. The van der Waals surface area contributed by atoms with Crippen LogP contribution in [0.4, 0.5) is 5.82 Å². The van der Waals surface area contributed by atoms with Crippen LogP contribution in [-0.2, 0) is 4.74 Å². The largest absolute Gasteiger partial charge is 0.462 e. The predicted octanol–water partition coefficient (Wildman–Crippen LogP) is 2.37. The van der Waals surface area contributed by atoms with E-state index in [0.717, 1.165) is 0 Å². The lowest BCUT2D eigenvalue weighted by Crippen LogP contribution is -2.15. The molecule has 5 nitrogen and oxygen atoms in total. The van der Waals surface area contributed by atoms with Crippen molar-refractivity contribution in [2.24, 2.45) is 5.92 Å². The molecule has 0 unspecified atom stereocenters. The van der Waals surface area contributed by atoms with Gasteiger partial charge in [0.1, 0.15) is 11.4 Å². The SMILES string of the molecule is CCOC(=O)c1cnc(Cl)nc1NCC(C)C. The zero-order chi connectivity index (χ0) is 12.8. The van der Waals surface area contributed by atoms with Gasteiger partial charge in [0.05, 0.1) is 6.61 Å². The minimum atomic E-state index is -0.449. The summed E-state index contributed by atoms with van der Waals surface area (Å²) in [7, 11) is 0. The lowest BCUT2D eigenvalue weighted by molar-refractivity contribution is 0.0526. The third kappa shape index (κ3) is 4.19. The molecule has 1 aromatic heterocycles. The summed E-state index contributed by atoms with van der Waals surface area (Å²) in [5, 5.41) is 3.16. The van der Waals surface area contributed by atoms with E-state index in [1.807, 2.05) is 0 Å². The first-order valence-corrected chi connectivity index (χ1v) is 5.86. The molecular formula is C11H16ClN3O2. The lowest BCUT2D eigenvalue weighted by Gasteiger charge is -2.11. The third-order valence-corrected chi connectivity index (χ3v) is 2.11. The molecule has 0 saturated carbocycles. The van der Waals surface area contributed by atoms with E-state index >= 15 is 0 Å². The Morgan fingerprint density at radius 3 is 2.88 bits per heavy atom. The van der Waals surface area contributed by atoms with Crippen molar-refractivity contribution in [3.63, 3.8) is 0 Å². The summed E-state index contributed by atoms with van der Waals surface area (Å²) in [5.74, 6) is 0.395. The van der Waals surface area contributed by atoms with Crippen molar-refractivity contribution in [1.29, 1.82) is 0 Å². The van der Waals surface area contributed by atoms with Crippen LogP contribution in [0.25, 0.3) is 0 Å². The number of rotatable bonds is 5. The molecule has 17 heavy (non-hydrogen) atoms. The second kappa shape index (κ2) is 6.39. The van der Waals surface area contributed by atoms with E-state index in [1.165, 1.54) is 6.20 Å². The average molecular weight is 258 g/mol. The molecule has 1 N–H and O–H groups in total. The Bertz CT molecular complexity index is 396. The fourth-order valence-corrected chi connectivity index (χ4v) is 1.29. The smallest absolute Gasteiger partial charge is 0.343 e. The Hall–Kier alpha value is -1.36. The number of aromatic nitrogens is 2. The summed E-state index contributed by atoms with van der Waals surface area (Å²) < 4.78 is 4.91. The molecule has 0 atom stereocenters. The number of hydrogen-bond acceptors (Lipinski definition) is 5. The first-order valence-electron chi connectivity index (χ1n) is 5.48. The van der Waals surface area contributed by atoms with Gasteiger partial charge in [-0.05, 0) is 24.4 Å². The highest BCUT2D eigenvalue weighted by atomic mass is 35.5. The molecule has 0 aliphatic rings. The molecule has 0 aliphatic heterocycles. The fraction of sp³-hybridized carbons (Fsp3) is 0.545. The highest BCUT2D eigenvalue weighted by Gasteiger charge is 2.15. The van der Waals surface area contributed by atoms with Gasteiger partial charge in [0.2, 0.25) is 5.28 Å². The highest BCUT2D eigenvalue weighted by molar-refractivity contribution is 6.28. The maximum atomic E-state index is 11.6. The van der Waals surface area contributed by atoms with E-state index in [2.05, 4.69) is 29.1 Å². The third-order valence-electron chi connectivity index (χ3n) is 1.93. The van der Waals surface area contributed by atoms with Crippen molar-refractivity contribution in [2.75, 3.05) is 18.5 Å². The van der Waals surface area contributed by atoms with E-state index < -0.39 is 5.97 Å². The fourth-order valence-electron chi connectivity index (χ4n) is 1.15. The van der Waals surface area contributed by atoms with Gasteiger partial charge in [-0.15, -0.1) is 0 Å². The molecule has 0 saturated heterocycles. The molecule has 0 radical (unpaired) electrons. The molecule has 0 amide bonds. The number of nitrogens with zero attached hydrogens (tertiary/aromatic N) is 2. The molecule has 0 fully saturated rings. The van der Waals surface area contributed by atoms with Crippen molar-refractivity contribution >= 4 is 23.4 Å². The van der Waals surface area contributed by atoms with Crippen LogP contribution >= 0.6 is 11.6 Å². The van der Waals surface area contributed by atoms with Crippen molar-refractivity contribution in [3.05, 3.63) is 17.0 Å². The Kier molecular flexibility index (Phi) is 5.15. The molecule has 0 spiro atoms. The van der Waals surface area contributed by atoms with Crippen LogP contribution in [0.15, 0.2) is 6.20 Å². The molecule has 1 aromatic rings. The highest BCUT2D eigenvalue weighted by Crippen LogP contribution is 2.15. The number of carbonyl (C=O) groups is 1. The molecular weight excluding hydrogens is 242 g/mol. The molecule has 0 aliphatic carbocycles. The Morgan fingerprint density at radius 1 is 1.59 bits per heavy atom. The standard InChI is InChI=1S/C11H16ClN3O2/c1-4-17-10(16)8-6-14-11(12)15-9(8)13-5-7(2)3/h6-7H,4-5H2,1-3H3,(H,13,14,15). The number of anilines is 1. The maximum Gasteiger partial charge on any atom is 0.343 e. The Morgan fingerprint density at radius 2 is 2.29 bits per heavy atom. The molecule has 94 valence electrons. The Labute approximate surface area is 106 Å². The van der Waals surface area contributed by atoms with Crippen LogP contribution in [0.5, 0.6) is 0 Å². The molecule has 1 heterocycles. The van der Waals surface area contributed by atoms with Crippen molar-refractivity contribution < 1.29 is 9.53 Å². The summed E-state index contributed by atoms with van der Waals surface area (Å²) in [5.41, 5.74) is 0.303. The predicted molar refractivity (Wildman–Crippen MR) is 66.3 cm³/mol. The molecule has 0 bridgehead atoms. The van der Waals surface area contributed by atoms with E-state index in [-0.39, 0.29) is 5.28 Å². The summed E-state index contributed by atoms with van der Waals surface area (Å²) in [6.07, 6.45) is 1.37. The molecule has 6 heteroatoms. The number of ether oxygens (including phenoxy) is 1. The van der Waals surface area contributed by atoms with Crippen LogP contribution < -0.4 is 5.32 Å². The number of hydrogen-bond donors (Lipinski definition) is 1. The zero-order valence-corrected chi connectivity index (χ0v) is 10.9. The Balaban J connectivity index is 2.91. The van der Waals surface area contributed by atoms with E-state index in [0.29, 0.717) is 30.5 Å². The maximum absolute atomic E-state index is 11.6. The summed E-state index contributed by atoms with van der Waals surface area (Å²) in [4.78, 5) is 19.4. The summed E-state index contributed by atoms with van der Waals surface area (Å²) in [6, 6.07) is 0. The summed E-state index contributed by atoms with van der Waals surface area (Å²) in [6.45, 7) is 6.86. The van der Waals surface area contributed by atoms with Gasteiger partial charge in [-0.3, -0.25) is 0 Å². The van der Waals surface area contributed by atoms with Crippen molar-refractivity contribution in [2.45, 2.75) is 20.8 Å². The summed E-state index contributed by atoms with van der Waals surface area (Å²) >= 11 is 5.70. The van der Waals surface area contributed by atoms with E-state index in [1.54, 1.807) is 6.92 Å². The quantitative estimate of drug-likeness (QED) is 0.648. The van der Waals surface area contributed by atoms with Gasteiger partial charge in [-0.2, -0.15) is 4.98 Å². The van der Waals surface area contributed by atoms with E-state index in [4.69, 9.17) is 16.3 Å². The lowest BCUT2D eigenvalue weighted by atomic mass is 10.2. The number of carbonyl (C=O) groups excluding carboxylic acids is 1. The number of halogens is 1. The van der Waals surface area contributed by atoms with Crippen LogP contribution in [0.1, 0.15) is 31.1 Å². The van der Waals surface area contributed by atoms with Crippen LogP contribution in [0.2, 0.25) is 5.28 Å². The van der Waals surface area contributed by atoms with Crippen molar-refractivity contribution in [1.82, 2.24) is 9.97 Å². The number of nitrogens with one attached hydrogen (secondary N) is 1. The first-order chi connectivity index (χ1) is 8.04. The normalized spacial score (nSPS) is 10.4. The van der Waals surface area contributed by atoms with Gasteiger partial charge in [0.15, 0.2) is 0 Å². The number of esters is 1. The van der Waals surface area contributed by atoms with Gasteiger partial charge < -0.3 is 10.1 Å². The monoisotopic (exact) mass is 257 g/mol. The van der Waals surface area contributed by atoms with Gasteiger partial charge in [0.25, 0.3) is 0 Å². The van der Waals surface area contributed by atoms with Gasteiger partial charge >= 0.3 is 5.97 Å². The van der Waals surface area contributed by atoms with Gasteiger partial charge in [-0.25, -0.2) is 9.78 Å². The zero-order valence-electron chi connectivity index (χ0n) is 10.2. The van der Waals surface area contributed by atoms with Crippen LogP contribution in [0, 0.1) is 5.92 Å².